The van der Waals surface area contributed by atoms with E-state index < -0.39 is 23.8 Å². The van der Waals surface area contributed by atoms with Gasteiger partial charge < -0.3 is 34.0 Å². The van der Waals surface area contributed by atoms with E-state index in [-0.39, 0.29) is 37.1 Å². The summed E-state index contributed by atoms with van der Waals surface area (Å²) in [5, 5.41) is 10.7. The van der Waals surface area contributed by atoms with Gasteiger partial charge in [-0.15, -0.1) is 0 Å². The number of benzene rings is 2. The van der Waals surface area contributed by atoms with Crippen LogP contribution in [0.5, 0.6) is 17.2 Å². The van der Waals surface area contributed by atoms with Gasteiger partial charge in [0.1, 0.15) is 5.82 Å². The van der Waals surface area contributed by atoms with Crippen molar-refractivity contribution in [3.63, 3.8) is 0 Å². The van der Waals surface area contributed by atoms with Crippen LogP contribution in [0.1, 0.15) is 63.0 Å². The first-order valence-electron chi connectivity index (χ1n) is 16.6. The van der Waals surface area contributed by atoms with Gasteiger partial charge in [-0.3, -0.25) is 14.5 Å². The van der Waals surface area contributed by atoms with Crippen LogP contribution in [0.25, 0.3) is 0 Å². The monoisotopic (exact) mass is 654 g/mol. The molecule has 3 unspecified atom stereocenters. The Morgan fingerprint density at radius 2 is 1.87 bits per heavy atom. The number of carbonyl (C=O) groups excluding carboxylic acids is 2. The molecule has 0 spiro atoms. The molecule has 1 N–H and O–H groups in total. The van der Waals surface area contributed by atoms with E-state index in [2.05, 4.69) is 13.8 Å². The number of likely N-dealkylation sites (N-methyl/N-ethyl adjacent to an activating group) is 1. The summed E-state index contributed by atoms with van der Waals surface area (Å²) in [5.41, 5.74) is 1.81. The van der Waals surface area contributed by atoms with Crippen LogP contribution < -0.4 is 19.1 Å². The van der Waals surface area contributed by atoms with Crippen LogP contribution in [0.4, 0.5) is 14.9 Å². The number of halogens is 1. The first kappa shape index (κ1) is 34.3. The smallest absolute Gasteiger partial charge is 0.319 e. The number of aryl methyl sites for hydroxylation is 1. The zero-order valence-corrected chi connectivity index (χ0v) is 28.0. The number of aliphatic carboxylic acids is 1. The molecule has 2 fully saturated rings. The van der Waals surface area contributed by atoms with E-state index in [0.717, 1.165) is 31.2 Å². The zero-order chi connectivity index (χ0) is 33.8. The normalized spacial score (nSPS) is 20.8. The van der Waals surface area contributed by atoms with Crippen LogP contribution in [-0.4, -0.2) is 103 Å². The number of methoxy groups -OCH3 is 1. The van der Waals surface area contributed by atoms with Crippen molar-refractivity contribution >= 4 is 23.6 Å². The number of carboxylic acid groups (broad SMARTS) is 1. The van der Waals surface area contributed by atoms with E-state index in [1.165, 1.54) is 13.2 Å². The molecule has 0 aromatic heterocycles. The lowest BCUT2D eigenvalue weighted by atomic mass is 9.84. The molecule has 0 bridgehead atoms. The fraction of sp³-hybridized carbons (Fsp3) is 0.571. The molecule has 47 heavy (non-hydrogen) atoms. The van der Waals surface area contributed by atoms with Crippen LogP contribution in [0.3, 0.4) is 0 Å². The molecule has 5 rings (SSSR count). The minimum atomic E-state index is -0.975. The molecular weight excluding hydrogens is 607 g/mol. The first-order chi connectivity index (χ1) is 22.6. The van der Waals surface area contributed by atoms with Crippen LogP contribution in [-0.2, 0) is 9.59 Å². The molecule has 2 aromatic rings. The van der Waals surface area contributed by atoms with Gasteiger partial charge >= 0.3 is 12.0 Å². The number of likely N-dealkylation sites (tertiary alicyclic amines) is 1. The fourth-order valence-corrected chi connectivity index (χ4v) is 7.41. The second-order valence-electron chi connectivity index (χ2n) is 12.8. The SMILES string of the molecule is CCCC(CCC)N(C(=O)CN1CC(c2cc(OC)c3c(c2)OCO3)C(C(=O)O)C1CCN1CCN(C)C1=O)c1ccc(F)c(C)c1. The second-order valence-corrected chi connectivity index (χ2v) is 12.8. The van der Waals surface area contributed by atoms with Gasteiger partial charge in [0.2, 0.25) is 18.4 Å². The maximum absolute atomic E-state index is 14.5. The van der Waals surface area contributed by atoms with E-state index in [1.54, 1.807) is 52.9 Å². The molecule has 0 radical (unpaired) electrons. The number of carbonyl (C=O) groups is 3. The van der Waals surface area contributed by atoms with Crippen molar-refractivity contribution < 1.29 is 38.1 Å². The fourth-order valence-electron chi connectivity index (χ4n) is 7.41. The third kappa shape index (κ3) is 7.12. The Bertz CT molecular complexity index is 1470. The Balaban J connectivity index is 1.51. The van der Waals surface area contributed by atoms with Gasteiger partial charge in [-0.25, -0.2) is 9.18 Å². The topological polar surface area (TPSA) is 112 Å². The van der Waals surface area contributed by atoms with Gasteiger partial charge in [0.05, 0.1) is 19.6 Å². The molecule has 3 aliphatic rings. The Kier molecular flexibility index (Phi) is 10.8. The third-order valence-corrected chi connectivity index (χ3v) is 9.78. The van der Waals surface area contributed by atoms with Gasteiger partial charge in [0.25, 0.3) is 0 Å². The van der Waals surface area contributed by atoms with Gasteiger partial charge in [-0.05, 0) is 67.6 Å². The van der Waals surface area contributed by atoms with Crippen LogP contribution in [0.2, 0.25) is 0 Å². The minimum Gasteiger partial charge on any atom is -0.493 e. The lowest BCUT2D eigenvalue weighted by molar-refractivity contribution is -0.143. The summed E-state index contributed by atoms with van der Waals surface area (Å²) in [6.45, 7) is 7.70. The maximum atomic E-state index is 14.5. The van der Waals surface area contributed by atoms with Crippen LogP contribution in [0, 0.1) is 18.7 Å². The van der Waals surface area contributed by atoms with E-state index in [1.807, 2.05) is 4.90 Å². The van der Waals surface area contributed by atoms with E-state index >= 15 is 0 Å². The van der Waals surface area contributed by atoms with Crippen LogP contribution >= 0.6 is 0 Å². The Morgan fingerprint density at radius 3 is 2.49 bits per heavy atom. The summed E-state index contributed by atoms with van der Waals surface area (Å²) in [6, 6.07) is 7.64. The van der Waals surface area contributed by atoms with E-state index in [0.29, 0.717) is 61.1 Å². The molecular formula is C35H47FN4O7. The number of rotatable bonds is 14. The summed E-state index contributed by atoms with van der Waals surface area (Å²) in [6.07, 6.45) is 3.68. The van der Waals surface area contributed by atoms with Crippen molar-refractivity contribution in [3.8, 4) is 17.2 Å². The molecule has 2 saturated heterocycles. The molecule has 256 valence electrons. The summed E-state index contributed by atoms with van der Waals surface area (Å²) < 4.78 is 31.2. The van der Waals surface area contributed by atoms with Crippen molar-refractivity contribution in [3.05, 3.63) is 47.3 Å². The number of amides is 3. The number of carboxylic acids is 1. The van der Waals surface area contributed by atoms with Crippen molar-refractivity contribution in [1.82, 2.24) is 14.7 Å². The largest absolute Gasteiger partial charge is 0.493 e. The average Bonchev–Trinajstić information content (AvgIpc) is 3.75. The molecule has 0 saturated carbocycles. The highest BCUT2D eigenvalue weighted by Gasteiger charge is 2.48. The quantitative estimate of drug-likeness (QED) is 0.300. The Morgan fingerprint density at radius 1 is 1.13 bits per heavy atom. The predicted octanol–water partition coefficient (Wildman–Crippen LogP) is 5.10. The minimum absolute atomic E-state index is 0.0269. The summed E-state index contributed by atoms with van der Waals surface area (Å²) in [5.74, 6) is -1.42. The molecule has 3 amide bonds. The molecule has 2 aromatic carbocycles. The van der Waals surface area contributed by atoms with Crippen molar-refractivity contribution in [1.29, 1.82) is 0 Å². The number of hydrogen-bond donors (Lipinski definition) is 1. The maximum Gasteiger partial charge on any atom is 0.319 e. The Hall–Kier alpha value is -4.06. The number of nitrogens with zero attached hydrogens (tertiary/aromatic N) is 4. The van der Waals surface area contributed by atoms with Gasteiger partial charge in [-0.2, -0.15) is 0 Å². The zero-order valence-electron chi connectivity index (χ0n) is 28.0. The number of anilines is 1. The van der Waals surface area contributed by atoms with Crippen molar-refractivity contribution in [2.75, 3.05) is 58.6 Å². The third-order valence-electron chi connectivity index (χ3n) is 9.78. The highest BCUT2D eigenvalue weighted by atomic mass is 19.1. The highest BCUT2D eigenvalue weighted by molar-refractivity contribution is 5.95. The van der Waals surface area contributed by atoms with Crippen molar-refractivity contribution in [2.45, 2.75) is 70.9 Å². The summed E-state index contributed by atoms with van der Waals surface area (Å²) in [4.78, 5) is 47.5. The molecule has 3 atom stereocenters. The van der Waals surface area contributed by atoms with Gasteiger partial charge in [-0.1, -0.05) is 26.7 Å². The molecule has 3 heterocycles. The molecule has 0 aliphatic carbocycles. The van der Waals surface area contributed by atoms with Gasteiger partial charge in [0, 0.05) is 56.9 Å². The summed E-state index contributed by atoms with van der Waals surface area (Å²) in [7, 11) is 3.28. The summed E-state index contributed by atoms with van der Waals surface area (Å²) >= 11 is 0. The molecule has 11 nitrogen and oxygen atoms in total. The van der Waals surface area contributed by atoms with Gasteiger partial charge in [0.15, 0.2) is 11.5 Å². The molecule has 12 heteroatoms. The number of urea groups is 1. The standard InChI is InChI=1S/C35H47FN4O7/c1-6-8-24(9-7-2)40(25-10-11-27(36)22(3)16-25)31(41)20-39-19-26(23-17-29(45-5)33-30(18-23)46-21-47-33)32(34(42)43)28(39)12-13-38-15-14-37(4)35(38)44/h10-11,16-18,24,26,28,32H,6-9,12-15,19-21H2,1-5H3,(H,42,43). The lowest BCUT2D eigenvalue weighted by Crippen LogP contribution is -2.48. The van der Waals surface area contributed by atoms with E-state index in [4.69, 9.17) is 14.2 Å². The highest BCUT2D eigenvalue weighted by Crippen LogP contribution is 2.47. The second kappa shape index (κ2) is 14.8. The Labute approximate surface area is 276 Å². The van der Waals surface area contributed by atoms with Crippen molar-refractivity contribution in [2.24, 2.45) is 5.92 Å². The number of ether oxygens (including phenoxy) is 3. The molecule has 3 aliphatic heterocycles. The number of hydrogen-bond acceptors (Lipinski definition) is 7. The first-order valence-corrected chi connectivity index (χ1v) is 16.6. The average molecular weight is 655 g/mol. The number of fused-ring (bicyclic) bond motifs is 1. The van der Waals surface area contributed by atoms with Crippen LogP contribution in [0.15, 0.2) is 30.3 Å². The predicted molar refractivity (Wildman–Crippen MR) is 175 cm³/mol. The lowest BCUT2D eigenvalue weighted by Gasteiger charge is -2.35. The van der Waals surface area contributed by atoms with E-state index in [9.17, 15) is 23.9 Å².